The molecule has 1 N–H and O–H groups in total. The molecule has 7 nitrogen and oxygen atoms in total. The summed E-state index contributed by atoms with van der Waals surface area (Å²) in [7, 11) is 0. The molecule has 1 saturated carbocycles. The minimum atomic E-state index is -0.315. The SMILES string of the molecule is CCc1ccc(-c2csc(NC(=O)[C@@H](C)Sc3nnnn3C3CC3)n2)cc1. The van der Waals surface area contributed by atoms with Crippen molar-refractivity contribution in [3.63, 3.8) is 0 Å². The number of tetrazole rings is 1. The van der Waals surface area contributed by atoms with E-state index in [-0.39, 0.29) is 11.2 Å². The van der Waals surface area contributed by atoms with Crippen LogP contribution in [0.3, 0.4) is 0 Å². The molecule has 1 fully saturated rings. The zero-order chi connectivity index (χ0) is 18.8. The third-order valence-corrected chi connectivity index (χ3v) is 6.20. The van der Waals surface area contributed by atoms with Crippen molar-refractivity contribution in [2.24, 2.45) is 0 Å². The number of hydrogen-bond acceptors (Lipinski definition) is 7. The number of anilines is 1. The normalized spacial score (nSPS) is 14.9. The highest BCUT2D eigenvalue weighted by atomic mass is 32.2. The molecule has 4 rings (SSSR count). The Morgan fingerprint density at radius 2 is 2.15 bits per heavy atom. The van der Waals surface area contributed by atoms with Gasteiger partial charge in [0.15, 0.2) is 5.13 Å². The number of nitrogens with one attached hydrogen (secondary N) is 1. The number of aromatic nitrogens is 5. The first-order valence-corrected chi connectivity index (χ1v) is 10.7. The van der Waals surface area contributed by atoms with Crippen molar-refractivity contribution in [1.29, 1.82) is 0 Å². The summed E-state index contributed by atoms with van der Waals surface area (Å²) in [6.07, 6.45) is 3.21. The van der Waals surface area contributed by atoms with E-state index in [2.05, 4.69) is 57.0 Å². The first-order valence-electron chi connectivity index (χ1n) is 8.94. The van der Waals surface area contributed by atoms with Gasteiger partial charge in [-0.25, -0.2) is 9.67 Å². The fourth-order valence-electron chi connectivity index (χ4n) is 2.60. The van der Waals surface area contributed by atoms with Gasteiger partial charge in [0.25, 0.3) is 0 Å². The number of thiazole rings is 1. The van der Waals surface area contributed by atoms with Crippen molar-refractivity contribution in [2.45, 2.75) is 49.6 Å². The zero-order valence-electron chi connectivity index (χ0n) is 15.1. The van der Waals surface area contributed by atoms with Crippen LogP contribution in [0.15, 0.2) is 34.8 Å². The van der Waals surface area contributed by atoms with E-state index in [9.17, 15) is 4.79 Å². The molecule has 1 aliphatic carbocycles. The third kappa shape index (κ3) is 4.19. The van der Waals surface area contributed by atoms with E-state index in [1.54, 1.807) is 0 Å². The fourth-order valence-corrected chi connectivity index (χ4v) is 4.19. The number of nitrogens with zero attached hydrogens (tertiary/aromatic N) is 5. The maximum atomic E-state index is 12.5. The molecule has 2 heterocycles. The molecule has 1 atom stereocenters. The van der Waals surface area contributed by atoms with Gasteiger partial charge in [-0.3, -0.25) is 4.79 Å². The lowest BCUT2D eigenvalue weighted by molar-refractivity contribution is -0.115. The number of carbonyl (C=O) groups is 1. The van der Waals surface area contributed by atoms with E-state index in [1.165, 1.54) is 28.7 Å². The molecule has 27 heavy (non-hydrogen) atoms. The summed E-state index contributed by atoms with van der Waals surface area (Å²) in [5.74, 6) is -0.104. The van der Waals surface area contributed by atoms with Crippen LogP contribution < -0.4 is 5.32 Å². The Morgan fingerprint density at radius 3 is 2.85 bits per heavy atom. The second-order valence-corrected chi connectivity index (χ2v) is 8.64. The van der Waals surface area contributed by atoms with Crippen LogP contribution in [0.4, 0.5) is 5.13 Å². The van der Waals surface area contributed by atoms with Gasteiger partial charge in [-0.05, 0) is 42.2 Å². The first-order chi connectivity index (χ1) is 13.1. The van der Waals surface area contributed by atoms with Crippen molar-refractivity contribution < 1.29 is 4.79 Å². The van der Waals surface area contributed by atoms with Gasteiger partial charge < -0.3 is 5.32 Å². The van der Waals surface area contributed by atoms with Crippen LogP contribution in [0.1, 0.15) is 38.3 Å². The lowest BCUT2D eigenvalue weighted by atomic mass is 10.1. The lowest BCUT2D eigenvalue weighted by Gasteiger charge is -2.09. The lowest BCUT2D eigenvalue weighted by Crippen LogP contribution is -2.22. The second kappa shape index (κ2) is 7.77. The van der Waals surface area contributed by atoms with Gasteiger partial charge in [-0.1, -0.05) is 43.0 Å². The molecule has 0 aliphatic heterocycles. The van der Waals surface area contributed by atoms with E-state index in [0.717, 1.165) is 30.5 Å². The number of hydrogen-bond donors (Lipinski definition) is 1. The molecule has 140 valence electrons. The van der Waals surface area contributed by atoms with Crippen molar-refractivity contribution in [1.82, 2.24) is 25.2 Å². The monoisotopic (exact) mass is 400 g/mol. The predicted molar refractivity (Wildman–Crippen MR) is 107 cm³/mol. The van der Waals surface area contributed by atoms with Crippen molar-refractivity contribution >= 4 is 34.1 Å². The van der Waals surface area contributed by atoms with Crippen molar-refractivity contribution in [3.8, 4) is 11.3 Å². The fraction of sp³-hybridized carbons (Fsp3) is 0.389. The minimum Gasteiger partial charge on any atom is -0.301 e. The Balaban J connectivity index is 1.38. The molecule has 1 aliphatic rings. The Kier molecular flexibility index (Phi) is 5.22. The number of thioether (sulfide) groups is 1. The van der Waals surface area contributed by atoms with Gasteiger partial charge in [0.2, 0.25) is 11.1 Å². The molecule has 1 amide bonds. The summed E-state index contributed by atoms with van der Waals surface area (Å²) in [5.41, 5.74) is 3.22. The highest BCUT2D eigenvalue weighted by Gasteiger charge is 2.29. The van der Waals surface area contributed by atoms with Crippen LogP contribution >= 0.6 is 23.1 Å². The van der Waals surface area contributed by atoms with Gasteiger partial charge in [0.1, 0.15) is 0 Å². The van der Waals surface area contributed by atoms with E-state index < -0.39 is 0 Å². The minimum absolute atomic E-state index is 0.104. The molecule has 0 spiro atoms. The van der Waals surface area contributed by atoms with Crippen LogP contribution in [0.5, 0.6) is 0 Å². The van der Waals surface area contributed by atoms with Gasteiger partial charge in [-0.2, -0.15) is 0 Å². The summed E-state index contributed by atoms with van der Waals surface area (Å²) in [6.45, 7) is 3.98. The number of carbonyl (C=O) groups excluding carboxylic acids is 1. The average molecular weight is 401 g/mol. The topological polar surface area (TPSA) is 85.6 Å². The molecule has 0 unspecified atom stereocenters. The maximum absolute atomic E-state index is 12.5. The molecule has 3 aromatic rings. The van der Waals surface area contributed by atoms with Gasteiger partial charge in [0.05, 0.1) is 17.0 Å². The summed E-state index contributed by atoms with van der Waals surface area (Å²) in [4.78, 5) is 17.1. The summed E-state index contributed by atoms with van der Waals surface area (Å²) < 4.78 is 1.82. The molecule has 2 aromatic heterocycles. The van der Waals surface area contributed by atoms with E-state index in [1.807, 2.05) is 17.0 Å². The van der Waals surface area contributed by atoms with Crippen LogP contribution in [0.2, 0.25) is 0 Å². The number of benzene rings is 1. The quantitative estimate of drug-likeness (QED) is 0.607. The Morgan fingerprint density at radius 1 is 1.37 bits per heavy atom. The number of aryl methyl sites for hydroxylation is 1. The highest BCUT2D eigenvalue weighted by molar-refractivity contribution is 8.00. The van der Waals surface area contributed by atoms with Crippen molar-refractivity contribution in [2.75, 3.05) is 5.32 Å². The van der Waals surface area contributed by atoms with E-state index in [4.69, 9.17) is 0 Å². The summed E-state index contributed by atoms with van der Waals surface area (Å²) in [5, 5.41) is 17.6. The first kappa shape index (κ1) is 18.1. The van der Waals surface area contributed by atoms with Gasteiger partial charge in [0, 0.05) is 10.9 Å². The molecule has 0 saturated heterocycles. The molecule has 1 aromatic carbocycles. The zero-order valence-corrected chi connectivity index (χ0v) is 16.8. The smallest absolute Gasteiger partial charge is 0.239 e. The Hall–Kier alpha value is -2.26. The molecule has 9 heteroatoms. The van der Waals surface area contributed by atoms with Gasteiger partial charge in [-0.15, -0.1) is 16.4 Å². The highest BCUT2D eigenvalue weighted by Crippen LogP contribution is 2.37. The van der Waals surface area contributed by atoms with Gasteiger partial charge >= 0.3 is 0 Å². The second-order valence-electron chi connectivity index (χ2n) is 6.47. The predicted octanol–water partition coefficient (Wildman–Crippen LogP) is 3.81. The van der Waals surface area contributed by atoms with Crippen LogP contribution in [0.25, 0.3) is 11.3 Å². The molecule has 0 bridgehead atoms. The summed E-state index contributed by atoms with van der Waals surface area (Å²) in [6, 6.07) is 8.73. The van der Waals surface area contributed by atoms with Crippen LogP contribution in [-0.4, -0.2) is 36.3 Å². The van der Waals surface area contributed by atoms with Crippen LogP contribution in [-0.2, 0) is 11.2 Å². The van der Waals surface area contributed by atoms with Crippen molar-refractivity contribution in [3.05, 3.63) is 35.2 Å². The average Bonchev–Trinajstić information content (AvgIpc) is 3.24. The Bertz CT molecular complexity index is 931. The summed E-state index contributed by atoms with van der Waals surface area (Å²) >= 11 is 2.80. The van der Waals surface area contributed by atoms with E-state index in [0.29, 0.717) is 16.3 Å². The largest absolute Gasteiger partial charge is 0.301 e. The molecular formula is C18H20N6OS2. The standard InChI is InChI=1S/C18H20N6OS2/c1-3-12-4-6-13(7-5-12)15-10-26-17(19-15)20-16(25)11(2)27-18-21-22-23-24(18)14-8-9-14/h4-7,10-11,14H,3,8-9H2,1-2H3,(H,19,20,25)/t11-/m1/s1. The number of rotatable bonds is 7. The Labute approximate surface area is 165 Å². The van der Waals surface area contributed by atoms with Crippen LogP contribution in [0, 0.1) is 0 Å². The number of amides is 1. The molecular weight excluding hydrogens is 380 g/mol. The van der Waals surface area contributed by atoms with E-state index >= 15 is 0 Å². The maximum Gasteiger partial charge on any atom is 0.239 e. The third-order valence-electron chi connectivity index (χ3n) is 4.40. The molecule has 0 radical (unpaired) electrons.